The third-order valence-electron chi connectivity index (χ3n) is 6.60. The lowest BCUT2D eigenvalue weighted by molar-refractivity contribution is 0.331. The zero-order valence-electron chi connectivity index (χ0n) is 18.4. The fourth-order valence-corrected chi connectivity index (χ4v) is 5.66. The van der Waals surface area contributed by atoms with Crippen LogP contribution in [0.15, 0.2) is 24.8 Å². The Bertz CT molecular complexity index is 881. The van der Waals surface area contributed by atoms with Crippen LogP contribution in [0.1, 0.15) is 82.0 Å². The van der Waals surface area contributed by atoms with Crippen LogP contribution in [0.3, 0.4) is 0 Å². The van der Waals surface area contributed by atoms with Gasteiger partial charge in [-0.2, -0.15) is 0 Å². The van der Waals surface area contributed by atoms with Crippen LogP contribution in [0, 0.1) is 12.8 Å². The molecule has 1 fully saturated rings. The van der Waals surface area contributed by atoms with Gasteiger partial charge < -0.3 is 4.90 Å². The van der Waals surface area contributed by atoms with Crippen molar-refractivity contribution in [2.75, 3.05) is 11.4 Å². The standard InChI is InChI=1S/C25H34N2S/c1-16(2)19-10-11-20(17(3)14-19)27(15-18-8-9-18)23-26-21-22(28-23)25(6,7)13-12-24(21,4)5/h10-11,14,18H,1,8-9,12-13,15H2,2-7H3. The summed E-state index contributed by atoms with van der Waals surface area (Å²) in [7, 11) is 0. The highest BCUT2D eigenvalue weighted by atomic mass is 32.1. The van der Waals surface area contributed by atoms with E-state index in [9.17, 15) is 0 Å². The summed E-state index contributed by atoms with van der Waals surface area (Å²) in [6.07, 6.45) is 5.15. The minimum absolute atomic E-state index is 0.170. The molecule has 0 unspecified atom stereocenters. The summed E-state index contributed by atoms with van der Waals surface area (Å²) in [6.45, 7) is 19.0. The molecule has 2 nitrogen and oxygen atoms in total. The van der Waals surface area contributed by atoms with Crippen LogP contribution in [-0.2, 0) is 10.8 Å². The number of nitrogens with zero attached hydrogens (tertiary/aromatic N) is 2. The van der Waals surface area contributed by atoms with E-state index in [1.165, 1.54) is 58.2 Å². The minimum atomic E-state index is 0.170. The summed E-state index contributed by atoms with van der Waals surface area (Å²) in [4.78, 5) is 9.28. The van der Waals surface area contributed by atoms with Crippen molar-refractivity contribution < 1.29 is 0 Å². The van der Waals surface area contributed by atoms with E-state index in [0.29, 0.717) is 0 Å². The number of rotatable bonds is 5. The van der Waals surface area contributed by atoms with E-state index in [1.807, 2.05) is 11.3 Å². The lowest BCUT2D eigenvalue weighted by atomic mass is 9.69. The van der Waals surface area contributed by atoms with E-state index in [-0.39, 0.29) is 10.8 Å². The van der Waals surface area contributed by atoms with Gasteiger partial charge in [0.25, 0.3) is 0 Å². The van der Waals surface area contributed by atoms with Gasteiger partial charge in [-0.25, -0.2) is 4.98 Å². The highest BCUT2D eigenvalue weighted by Gasteiger charge is 2.41. The highest BCUT2D eigenvalue weighted by Crippen LogP contribution is 2.50. The van der Waals surface area contributed by atoms with Crippen molar-refractivity contribution >= 4 is 27.7 Å². The van der Waals surface area contributed by atoms with E-state index in [1.54, 1.807) is 0 Å². The van der Waals surface area contributed by atoms with E-state index in [2.05, 4.69) is 71.2 Å². The van der Waals surface area contributed by atoms with Crippen LogP contribution >= 0.6 is 11.3 Å². The predicted molar refractivity (Wildman–Crippen MR) is 123 cm³/mol. The minimum Gasteiger partial charge on any atom is -0.317 e. The number of allylic oxidation sites excluding steroid dienone is 1. The Balaban J connectivity index is 1.80. The fourth-order valence-electron chi connectivity index (χ4n) is 4.26. The van der Waals surface area contributed by atoms with Gasteiger partial charge in [0.1, 0.15) is 0 Å². The van der Waals surface area contributed by atoms with Crippen LogP contribution in [0.5, 0.6) is 0 Å². The normalized spacial score (nSPS) is 19.9. The van der Waals surface area contributed by atoms with E-state index in [4.69, 9.17) is 4.98 Å². The Labute approximate surface area is 174 Å². The fraction of sp³-hybridized carbons (Fsp3) is 0.560. The largest absolute Gasteiger partial charge is 0.317 e. The van der Waals surface area contributed by atoms with Crippen LogP contribution in [-0.4, -0.2) is 11.5 Å². The van der Waals surface area contributed by atoms with Gasteiger partial charge in [-0.05, 0) is 68.7 Å². The Morgan fingerprint density at radius 3 is 2.43 bits per heavy atom. The van der Waals surface area contributed by atoms with Gasteiger partial charge in [0, 0.05) is 27.9 Å². The molecular weight excluding hydrogens is 360 g/mol. The molecule has 2 aromatic rings. The summed E-state index contributed by atoms with van der Waals surface area (Å²) < 4.78 is 0. The molecule has 0 bridgehead atoms. The van der Waals surface area contributed by atoms with Crippen molar-refractivity contribution in [3.63, 3.8) is 0 Å². The van der Waals surface area contributed by atoms with Gasteiger partial charge >= 0.3 is 0 Å². The molecule has 4 rings (SSSR count). The Morgan fingerprint density at radius 1 is 1.18 bits per heavy atom. The Kier molecular flexibility index (Phi) is 4.73. The number of fused-ring (bicyclic) bond motifs is 1. The maximum Gasteiger partial charge on any atom is 0.190 e. The van der Waals surface area contributed by atoms with Crippen LogP contribution < -0.4 is 4.90 Å². The SMILES string of the molecule is C=C(C)c1ccc(N(CC2CC2)c2nc3c(s2)C(C)(C)CCC3(C)C)c(C)c1. The van der Waals surface area contributed by atoms with Gasteiger partial charge in [-0.1, -0.05) is 45.9 Å². The van der Waals surface area contributed by atoms with Gasteiger partial charge in [-0.3, -0.25) is 0 Å². The van der Waals surface area contributed by atoms with Crippen LogP contribution in [0.25, 0.3) is 5.57 Å². The van der Waals surface area contributed by atoms with Crippen LogP contribution in [0.2, 0.25) is 0 Å². The predicted octanol–water partition coefficient (Wildman–Crippen LogP) is 7.38. The second-order valence-corrected chi connectivity index (χ2v) is 11.3. The topological polar surface area (TPSA) is 16.1 Å². The summed E-state index contributed by atoms with van der Waals surface area (Å²) in [5.41, 5.74) is 6.70. The molecule has 1 aromatic heterocycles. The molecule has 0 spiro atoms. The quantitative estimate of drug-likeness (QED) is 0.526. The molecule has 2 aliphatic rings. The maximum absolute atomic E-state index is 5.28. The van der Waals surface area contributed by atoms with Crippen molar-refractivity contribution in [2.45, 2.75) is 78.1 Å². The van der Waals surface area contributed by atoms with Crippen molar-refractivity contribution in [1.29, 1.82) is 0 Å². The highest BCUT2D eigenvalue weighted by molar-refractivity contribution is 7.16. The van der Waals surface area contributed by atoms with E-state index < -0.39 is 0 Å². The number of aryl methyl sites for hydroxylation is 1. The van der Waals surface area contributed by atoms with Gasteiger partial charge in [-0.15, -0.1) is 11.3 Å². The number of hydrogen-bond donors (Lipinski definition) is 0. The number of thiazole rings is 1. The first-order chi connectivity index (χ1) is 13.1. The molecule has 1 saturated carbocycles. The number of benzene rings is 1. The summed E-state index contributed by atoms with van der Waals surface area (Å²) in [5.74, 6) is 0.808. The van der Waals surface area contributed by atoms with Gasteiger partial charge in [0.2, 0.25) is 0 Å². The smallest absolute Gasteiger partial charge is 0.190 e. The van der Waals surface area contributed by atoms with Gasteiger partial charge in [0.05, 0.1) is 5.69 Å². The lowest BCUT2D eigenvalue weighted by Gasteiger charge is -2.37. The molecule has 0 N–H and O–H groups in total. The van der Waals surface area contributed by atoms with E-state index in [0.717, 1.165) is 18.0 Å². The second-order valence-electron chi connectivity index (χ2n) is 10.3. The average molecular weight is 395 g/mol. The first-order valence-electron chi connectivity index (χ1n) is 10.6. The first-order valence-corrected chi connectivity index (χ1v) is 11.5. The van der Waals surface area contributed by atoms with Crippen molar-refractivity contribution in [3.05, 3.63) is 46.5 Å². The number of hydrogen-bond acceptors (Lipinski definition) is 3. The number of anilines is 2. The van der Waals surface area contributed by atoms with Crippen LogP contribution in [0.4, 0.5) is 10.8 Å². The Hall–Kier alpha value is -1.61. The maximum atomic E-state index is 5.28. The summed E-state index contributed by atoms with van der Waals surface area (Å²) in [5, 5.41) is 1.19. The number of aromatic nitrogens is 1. The molecule has 1 heterocycles. The Morgan fingerprint density at radius 2 is 1.86 bits per heavy atom. The molecule has 1 aromatic carbocycles. The second kappa shape index (κ2) is 6.73. The molecule has 0 atom stereocenters. The molecule has 0 saturated heterocycles. The zero-order chi connectivity index (χ0) is 20.3. The summed E-state index contributed by atoms with van der Waals surface area (Å²) in [6, 6.07) is 6.77. The molecular formula is C25H34N2S. The monoisotopic (exact) mass is 394 g/mol. The first kappa shape index (κ1) is 19.7. The lowest BCUT2D eigenvalue weighted by Crippen LogP contribution is -2.32. The van der Waals surface area contributed by atoms with Crippen molar-refractivity contribution in [3.8, 4) is 0 Å². The molecule has 2 aliphatic carbocycles. The van der Waals surface area contributed by atoms with Gasteiger partial charge in [0.15, 0.2) is 5.13 Å². The molecule has 0 radical (unpaired) electrons. The average Bonchev–Trinajstić information content (AvgIpc) is 3.31. The zero-order valence-corrected chi connectivity index (χ0v) is 19.2. The van der Waals surface area contributed by atoms with E-state index >= 15 is 0 Å². The third kappa shape index (κ3) is 3.54. The third-order valence-corrected chi connectivity index (χ3v) is 8.04. The molecule has 28 heavy (non-hydrogen) atoms. The summed E-state index contributed by atoms with van der Waals surface area (Å²) >= 11 is 1.93. The molecule has 0 aliphatic heterocycles. The molecule has 3 heteroatoms. The van der Waals surface area contributed by atoms with Crippen molar-refractivity contribution in [2.24, 2.45) is 5.92 Å². The van der Waals surface area contributed by atoms with Crippen molar-refractivity contribution in [1.82, 2.24) is 4.98 Å². The molecule has 0 amide bonds. The molecule has 150 valence electrons.